The van der Waals surface area contributed by atoms with Crippen LogP contribution < -0.4 is 11.1 Å². The molecule has 2 aromatic carbocycles. The predicted molar refractivity (Wildman–Crippen MR) is 309 cm³/mol. The number of nitrogens with one attached hydrogen (secondary N) is 1. The third-order valence-electron chi connectivity index (χ3n) is 10.8. The van der Waals surface area contributed by atoms with E-state index in [1.54, 1.807) is 60.9 Å². The fourth-order valence-corrected chi connectivity index (χ4v) is 7.09. The standard InChI is InChI=1S/C19H16ClN3O2.C14H23NO3Si.C12H11ClN2.C8H9NO3.CH4.3CH3.Al/c20-16-3-1-2-13(9-16)8-14-4-7-18(22-10-14)23-19(25)15-5-6-17(12-24)21-11-15;1-14(2,3)19(5,6)18-10-12-8-7-11(9-15-12)13(16)17-4;13-11-3-1-2-9(7-11)6-10-4-5-12(14)15-8-10;1-12-8(11)6-2-3-7(5-10)9-4-6;;;;;/h1-7,9-11,24H,8,12H2,(H,22,23,25);7-9H,10H2,1-6H3;1-5,7-8H,6H2,(H2,14,15);2-4,10H,5H2,1H3;1H4;3*1H3;. The summed E-state index contributed by atoms with van der Waals surface area (Å²) >= 11 is 11.8. The summed E-state index contributed by atoms with van der Waals surface area (Å²) in [4.78, 5) is 54.7. The molecule has 0 saturated carbocycles. The molecule has 0 saturated heterocycles. The van der Waals surface area contributed by atoms with Crippen molar-refractivity contribution >= 4 is 75.1 Å². The minimum Gasteiger partial charge on any atom is -0.465 e. The number of methoxy groups -OCH3 is 2. The van der Waals surface area contributed by atoms with E-state index in [2.05, 4.69) is 90.9 Å². The summed E-state index contributed by atoms with van der Waals surface area (Å²) in [5.74, 6) is 6.83. The largest absolute Gasteiger partial charge is 0.465 e. The van der Waals surface area contributed by atoms with Gasteiger partial charge in [-0.25, -0.2) is 19.6 Å². The summed E-state index contributed by atoms with van der Waals surface area (Å²) in [5, 5.41) is 22.0. The molecule has 0 aliphatic heterocycles. The van der Waals surface area contributed by atoms with Gasteiger partial charge < -0.3 is 35.2 Å². The number of amides is 1. The van der Waals surface area contributed by atoms with Crippen LogP contribution in [0.3, 0.4) is 0 Å². The molecule has 7 aromatic rings. The molecule has 19 heteroatoms. The number of aliphatic hydroxyl groups excluding tert-OH is 2. The van der Waals surface area contributed by atoms with Crippen LogP contribution in [0.25, 0.3) is 0 Å². The van der Waals surface area contributed by atoms with Crippen molar-refractivity contribution in [2.24, 2.45) is 0 Å². The van der Waals surface area contributed by atoms with Gasteiger partial charge in [0.2, 0.25) is 0 Å². The Bertz CT molecular complexity index is 2820. The summed E-state index contributed by atoms with van der Waals surface area (Å²) < 4.78 is 15.2. The normalized spacial score (nSPS) is 10.4. The van der Waals surface area contributed by atoms with Crippen molar-refractivity contribution in [3.63, 3.8) is 0 Å². The fourth-order valence-electron chi connectivity index (χ4n) is 5.73. The Balaban J connectivity index is 0.000000348. The molecular weight excluding hydrogens is 1040 g/mol. The maximum atomic E-state index is 12.2. The molecule has 404 valence electrons. The number of rotatable bonds is 13. The van der Waals surface area contributed by atoms with Crippen molar-refractivity contribution < 1.29 is 38.5 Å². The number of carbonyl (C=O) groups is 3. The summed E-state index contributed by atoms with van der Waals surface area (Å²) in [6.45, 7) is 11.2. The number of nitrogen functional groups attached to an aromatic ring is 1. The van der Waals surface area contributed by atoms with Crippen LogP contribution in [-0.2, 0) is 46.6 Å². The average Bonchev–Trinajstić information content (AvgIpc) is 3.39. The van der Waals surface area contributed by atoms with Crippen LogP contribution in [0.15, 0.2) is 140 Å². The van der Waals surface area contributed by atoms with Crippen LogP contribution in [0.1, 0.15) is 98.6 Å². The van der Waals surface area contributed by atoms with Gasteiger partial charge in [0.05, 0.1) is 67.8 Å². The molecule has 0 atom stereocenters. The minimum atomic E-state index is -1.76. The molecule has 1 amide bonds. The number of benzene rings is 2. The first-order chi connectivity index (χ1) is 35.5. The first kappa shape index (κ1) is 65.7. The Morgan fingerprint density at radius 1 is 0.605 bits per heavy atom. The number of carbonyl (C=O) groups excluding carboxylic acids is 3. The Morgan fingerprint density at radius 2 is 1.04 bits per heavy atom. The van der Waals surface area contributed by atoms with E-state index in [4.69, 9.17) is 43.6 Å². The zero-order valence-electron chi connectivity index (χ0n) is 44.3. The number of aromatic nitrogens is 5. The van der Waals surface area contributed by atoms with Crippen LogP contribution in [0.5, 0.6) is 0 Å². The number of hydrogen-bond donors (Lipinski definition) is 4. The number of aliphatic hydroxyl groups is 2. The zero-order chi connectivity index (χ0) is 55.6. The number of anilines is 2. The number of ether oxygens (including phenoxy) is 2. The van der Waals surface area contributed by atoms with Crippen LogP contribution >= 0.6 is 23.2 Å². The van der Waals surface area contributed by atoms with Crippen molar-refractivity contribution in [2.45, 2.75) is 96.3 Å². The van der Waals surface area contributed by atoms with Crippen LogP contribution in [0.2, 0.25) is 45.5 Å². The Labute approximate surface area is 463 Å². The summed E-state index contributed by atoms with van der Waals surface area (Å²) in [6.07, 6.45) is 9.38. The van der Waals surface area contributed by atoms with Crippen molar-refractivity contribution in [3.8, 4) is 0 Å². The maximum Gasteiger partial charge on any atom is 0.339 e. The Kier molecular flexibility index (Phi) is 29.1. The maximum absolute atomic E-state index is 12.2. The van der Waals surface area contributed by atoms with E-state index in [0.29, 0.717) is 57.8 Å². The van der Waals surface area contributed by atoms with Crippen LogP contribution in [0.4, 0.5) is 11.6 Å². The lowest BCUT2D eigenvalue weighted by molar-refractivity contribution is 0.0591. The van der Waals surface area contributed by atoms with Gasteiger partial charge in [0.1, 0.15) is 11.6 Å². The molecule has 0 aliphatic rings. The highest BCUT2D eigenvalue weighted by molar-refractivity contribution is 6.74. The summed E-state index contributed by atoms with van der Waals surface area (Å²) in [5.41, 5.74) is 13.1. The van der Waals surface area contributed by atoms with Gasteiger partial charge in [-0.15, -0.1) is 17.4 Å². The fraction of sp³-hybridized carbons (Fsp3) is 0.298. The molecule has 5 aromatic heterocycles. The second kappa shape index (κ2) is 33.6. The van der Waals surface area contributed by atoms with Gasteiger partial charge in [0.15, 0.2) is 8.32 Å². The smallest absolute Gasteiger partial charge is 0.339 e. The van der Waals surface area contributed by atoms with Gasteiger partial charge in [0.25, 0.3) is 20.1 Å². The van der Waals surface area contributed by atoms with Gasteiger partial charge >= 0.3 is 11.9 Å². The third kappa shape index (κ3) is 24.5. The highest BCUT2D eigenvalue weighted by Gasteiger charge is 2.37. The molecular formula is C57H72AlCl2N7O8Si. The van der Waals surface area contributed by atoms with Gasteiger partial charge in [-0.1, -0.05) is 87.8 Å². The van der Waals surface area contributed by atoms with E-state index in [9.17, 15) is 14.4 Å². The van der Waals surface area contributed by atoms with Crippen LogP contribution in [0, 0.1) is 0 Å². The second-order valence-electron chi connectivity index (χ2n) is 18.9. The van der Waals surface area contributed by atoms with E-state index in [0.717, 1.165) is 33.8 Å². The molecule has 0 spiro atoms. The van der Waals surface area contributed by atoms with Crippen molar-refractivity contribution in [3.05, 3.63) is 206 Å². The molecule has 15 nitrogen and oxygen atoms in total. The average molecular weight is 1110 g/mol. The number of hydrogen-bond acceptors (Lipinski definition) is 14. The number of pyridine rings is 5. The van der Waals surface area contributed by atoms with Crippen molar-refractivity contribution in [1.29, 1.82) is 0 Å². The Hall–Kier alpha value is -6.39. The lowest BCUT2D eigenvalue weighted by Crippen LogP contribution is -2.40. The molecule has 0 aliphatic carbocycles. The molecule has 0 fully saturated rings. The zero-order valence-corrected chi connectivity index (χ0v) is 48.0. The van der Waals surface area contributed by atoms with Gasteiger partial charge in [-0.2, -0.15) is 0 Å². The highest BCUT2D eigenvalue weighted by Crippen LogP contribution is 2.37. The molecule has 7 rings (SSSR count). The van der Waals surface area contributed by atoms with Crippen molar-refractivity contribution in [1.82, 2.24) is 24.9 Å². The highest BCUT2D eigenvalue weighted by atomic mass is 35.5. The predicted octanol–water partition coefficient (Wildman–Crippen LogP) is 12.1. The quantitative estimate of drug-likeness (QED) is 0.0623. The number of nitrogens with two attached hydrogens (primary N) is 1. The minimum absolute atomic E-state index is 0. The second-order valence-corrected chi connectivity index (χ2v) is 28.1. The number of esters is 2. The molecule has 0 radical (unpaired) electrons. The number of halogens is 2. The van der Waals surface area contributed by atoms with E-state index < -0.39 is 14.3 Å². The lowest BCUT2D eigenvalue weighted by atomic mass is 10.1. The summed E-state index contributed by atoms with van der Waals surface area (Å²) in [7, 11) is 0.904. The van der Waals surface area contributed by atoms with Gasteiger partial charge in [-0.05, 0) is 126 Å². The SMILES string of the molecule is C.COC(=O)c1ccc(CO)nc1.COC(=O)c1ccc(CO[Si](C)(C)C(C)(C)C)nc1.Nc1ccc(Cc2cccc(Cl)c2)cn1.O=C(Nc1ccc(Cc2cccc(Cl)c2)cn1)c1ccc(CO)nc1.[CH3][Al]([CH3])[CH3]. The lowest BCUT2D eigenvalue weighted by Gasteiger charge is -2.36. The first-order valence-electron chi connectivity index (χ1n) is 23.9. The molecule has 0 unspecified atom stereocenters. The van der Waals surface area contributed by atoms with Gasteiger partial charge in [-0.3, -0.25) is 19.7 Å². The summed E-state index contributed by atoms with van der Waals surface area (Å²) in [6, 6.07) is 32.8. The first-order valence-corrected chi connectivity index (χ1v) is 31.0. The molecule has 5 N–H and O–H groups in total. The van der Waals surface area contributed by atoms with E-state index >= 15 is 0 Å². The molecule has 5 heterocycles. The third-order valence-corrected chi connectivity index (χ3v) is 15.7. The van der Waals surface area contributed by atoms with Gasteiger partial charge in [0, 0.05) is 41.0 Å². The van der Waals surface area contributed by atoms with Crippen molar-refractivity contribution in [2.75, 3.05) is 25.3 Å². The molecule has 76 heavy (non-hydrogen) atoms. The van der Waals surface area contributed by atoms with E-state index in [1.165, 1.54) is 38.4 Å². The molecule has 0 bridgehead atoms. The monoisotopic (exact) mass is 1110 g/mol. The van der Waals surface area contributed by atoms with E-state index in [1.807, 2.05) is 60.7 Å². The topological polar surface area (TPSA) is 222 Å². The van der Waals surface area contributed by atoms with E-state index in [-0.39, 0.29) is 51.7 Å². The van der Waals surface area contributed by atoms with Crippen LogP contribution in [-0.4, -0.2) is 89.7 Å². The Morgan fingerprint density at radius 3 is 1.39 bits per heavy atom. The number of nitrogens with zero attached hydrogens (tertiary/aromatic N) is 5.